The Morgan fingerprint density at radius 2 is 1.88 bits per heavy atom. The molecular weight excluding hydrogens is 348 g/mol. The predicted octanol–water partition coefficient (Wildman–Crippen LogP) is 3.51. The molecule has 0 aliphatic rings. The monoisotopic (exact) mass is 368 g/mol. The van der Waals surface area contributed by atoms with Crippen LogP contribution in [0.25, 0.3) is 0 Å². The van der Waals surface area contributed by atoms with Crippen LogP contribution in [-0.4, -0.2) is 18.4 Å². The maximum absolute atomic E-state index is 12.6. The molecule has 134 valence electrons. The molecule has 3 rings (SSSR count). The van der Waals surface area contributed by atoms with Gasteiger partial charge in [0.2, 0.25) is 0 Å². The van der Waals surface area contributed by atoms with Crippen molar-refractivity contribution in [1.29, 1.82) is 0 Å². The van der Waals surface area contributed by atoms with Crippen molar-refractivity contribution in [2.24, 2.45) is 0 Å². The van der Waals surface area contributed by atoms with E-state index >= 15 is 0 Å². The predicted molar refractivity (Wildman–Crippen MR) is 103 cm³/mol. The first kappa shape index (κ1) is 17.9. The Bertz CT molecular complexity index is 988. The summed E-state index contributed by atoms with van der Waals surface area (Å²) in [6.07, 6.45) is 4.99. The molecule has 1 aromatic carbocycles. The Kier molecular flexibility index (Phi) is 5.18. The molecule has 0 atom stereocenters. The highest BCUT2D eigenvalue weighted by Gasteiger charge is 2.17. The van der Waals surface area contributed by atoms with Crippen molar-refractivity contribution in [2.45, 2.75) is 25.3 Å². The zero-order valence-electron chi connectivity index (χ0n) is 14.6. The largest absolute Gasteiger partial charge is 0.366 e. The van der Waals surface area contributed by atoms with Crippen LogP contribution in [0.4, 0.5) is 11.5 Å². The standard InChI is InChI=1S/C19H20N4O2S/c1-14-5-6-15(2)18(10-14)26(24,25)23-17-7-8-19(22-13-17)21-12-16-4-3-9-20-11-16/h3-11,13,23H,12H2,1-2H3,(H,21,22). The van der Waals surface area contributed by atoms with Gasteiger partial charge in [-0.2, -0.15) is 0 Å². The number of nitrogens with zero attached hydrogens (tertiary/aromatic N) is 2. The lowest BCUT2D eigenvalue weighted by Gasteiger charge is -2.11. The van der Waals surface area contributed by atoms with Gasteiger partial charge < -0.3 is 5.32 Å². The number of aryl methyl sites for hydroxylation is 2. The smallest absolute Gasteiger partial charge is 0.262 e. The SMILES string of the molecule is Cc1ccc(C)c(S(=O)(=O)Nc2ccc(NCc3cccnc3)nc2)c1. The second-order valence-corrected chi connectivity index (χ2v) is 7.67. The number of hydrogen-bond donors (Lipinski definition) is 2. The summed E-state index contributed by atoms with van der Waals surface area (Å²) in [5, 5.41) is 3.17. The maximum Gasteiger partial charge on any atom is 0.262 e. The number of anilines is 2. The third-order valence-corrected chi connectivity index (χ3v) is 5.37. The molecule has 0 radical (unpaired) electrons. The van der Waals surface area contributed by atoms with Gasteiger partial charge >= 0.3 is 0 Å². The fourth-order valence-corrected chi connectivity index (χ4v) is 3.84. The summed E-state index contributed by atoms with van der Waals surface area (Å²) in [6, 6.07) is 12.6. The number of rotatable bonds is 6. The van der Waals surface area contributed by atoms with Gasteiger partial charge in [0.15, 0.2) is 0 Å². The van der Waals surface area contributed by atoms with Crippen LogP contribution in [0.15, 0.2) is 66.0 Å². The van der Waals surface area contributed by atoms with Crippen LogP contribution in [0.1, 0.15) is 16.7 Å². The van der Waals surface area contributed by atoms with Crippen molar-refractivity contribution in [2.75, 3.05) is 10.0 Å². The first-order valence-corrected chi connectivity index (χ1v) is 9.61. The molecule has 2 N–H and O–H groups in total. The Morgan fingerprint density at radius 3 is 2.58 bits per heavy atom. The van der Waals surface area contributed by atoms with Crippen molar-refractivity contribution < 1.29 is 8.42 Å². The number of aromatic nitrogens is 2. The van der Waals surface area contributed by atoms with Crippen LogP contribution >= 0.6 is 0 Å². The first-order chi connectivity index (χ1) is 12.4. The van der Waals surface area contributed by atoms with Gasteiger partial charge in [-0.25, -0.2) is 13.4 Å². The molecule has 0 bridgehead atoms. The molecule has 0 saturated heterocycles. The second-order valence-electron chi connectivity index (χ2n) is 6.02. The van der Waals surface area contributed by atoms with Crippen molar-refractivity contribution in [3.8, 4) is 0 Å². The minimum absolute atomic E-state index is 0.274. The van der Waals surface area contributed by atoms with E-state index in [0.29, 0.717) is 23.6 Å². The summed E-state index contributed by atoms with van der Waals surface area (Å²) in [7, 11) is -3.65. The van der Waals surface area contributed by atoms with E-state index in [4.69, 9.17) is 0 Å². The average Bonchev–Trinajstić information content (AvgIpc) is 2.64. The first-order valence-electron chi connectivity index (χ1n) is 8.13. The number of sulfonamides is 1. The summed E-state index contributed by atoms with van der Waals surface area (Å²) in [4.78, 5) is 8.58. The molecule has 0 aliphatic heterocycles. The normalized spacial score (nSPS) is 11.2. The lowest BCUT2D eigenvalue weighted by Crippen LogP contribution is -2.14. The van der Waals surface area contributed by atoms with Crippen LogP contribution in [0.3, 0.4) is 0 Å². The van der Waals surface area contributed by atoms with Crippen LogP contribution in [0.2, 0.25) is 0 Å². The number of hydrogen-bond acceptors (Lipinski definition) is 5. The summed E-state index contributed by atoms with van der Waals surface area (Å²) >= 11 is 0. The number of nitrogens with one attached hydrogen (secondary N) is 2. The third-order valence-electron chi connectivity index (χ3n) is 3.85. The molecule has 0 spiro atoms. The quantitative estimate of drug-likeness (QED) is 0.696. The Labute approximate surface area is 153 Å². The van der Waals surface area contributed by atoms with Crippen molar-refractivity contribution in [3.63, 3.8) is 0 Å². The highest BCUT2D eigenvalue weighted by molar-refractivity contribution is 7.92. The van der Waals surface area contributed by atoms with Crippen LogP contribution in [-0.2, 0) is 16.6 Å². The van der Waals surface area contributed by atoms with Crippen LogP contribution < -0.4 is 10.0 Å². The van der Waals surface area contributed by atoms with E-state index < -0.39 is 10.0 Å². The lowest BCUT2D eigenvalue weighted by atomic mass is 10.2. The minimum Gasteiger partial charge on any atom is -0.366 e. The van der Waals surface area contributed by atoms with Crippen molar-refractivity contribution >= 4 is 21.5 Å². The number of pyridine rings is 2. The highest BCUT2D eigenvalue weighted by Crippen LogP contribution is 2.21. The highest BCUT2D eigenvalue weighted by atomic mass is 32.2. The molecule has 7 heteroatoms. The van der Waals surface area contributed by atoms with Crippen molar-refractivity contribution in [1.82, 2.24) is 9.97 Å². The maximum atomic E-state index is 12.6. The van der Waals surface area contributed by atoms with Crippen LogP contribution in [0.5, 0.6) is 0 Å². The van der Waals surface area contributed by atoms with E-state index in [1.165, 1.54) is 6.20 Å². The Hall–Kier alpha value is -2.93. The lowest BCUT2D eigenvalue weighted by molar-refractivity contribution is 0.600. The van der Waals surface area contributed by atoms with E-state index in [9.17, 15) is 8.42 Å². The van der Waals surface area contributed by atoms with Gasteiger partial charge in [-0.05, 0) is 54.8 Å². The molecular formula is C19H20N4O2S. The fourth-order valence-electron chi connectivity index (χ4n) is 2.46. The fraction of sp³-hybridized carbons (Fsp3) is 0.158. The molecule has 0 unspecified atom stereocenters. The zero-order chi connectivity index (χ0) is 18.6. The van der Waals surface area contributed by atoms with E-state index in [2.05, 4.69) is 20.0 Å². The molecule has 2 heterocycles. The topological polar surface area (TPSA) is 84.0 Å². The van der Waals surface area contributed by atoms with E-state index in [-0.39, 0.29) is 4.90 Å². The van der Waals surface area contributed by atoms with Gasteiger partial charge in [0, 0.05) is 18.9 Å². The zero-order valence-corrected chi connectivity index (χ0v) is 15.4. The molecule has 6 nitrogen and oxygen atoms in total. The molecule has 26 heavy (non-hydrogen) atoms. The summed E-state index contributed by atoms with van der Waals surface area (Å²) in [5.41, 5.74) is 3.04. The summed E-state index contributed by atoms with van der Waals surface area (Å²) in [6.45, 7) is 4.23. The summed E-state index contributed by atoms with van der Waals surface area (Å²) in [5.74, 6) is 0.656. The molecule has 3 aromatic rings. The van der Waals surface area contributed by atoms with E-state index in [1.807, 2.05) is 25.1 Å². The minimum atomic E-state index is -3.65. The van der Waals surface area contributed by atoms with E-state index in [1.54, 1.807) is 43.6 Å². The van der Waals surface area contributed by atoms with Gasteiger partial charge in [-0.15, -0.1) is 0 Å². The van der Waals surface area contributed by atoms with E-state index in [0.717, 1.165) is 11.1 Å². The Morgan fingerprint density at radius 1 is 1.04 bits per heavy atom. The van der Waals surface area contributed by atoms with Gasteiger partial charge in [0.05, 0.1) is 16.8 Å². The Balaban J connectivity index is 1.69. The van der Waals surface area contributed by atoms with Gasteiger partial charge in [0.25, 0.3) is 10.0 Å². The average molecular weight is 368 g/mol. The molecule has 0 saturated carbocycles. The van der Waals surface area contributed by atoms with Gasteiger partial charge in [-0.3, -0.25) is 9.71 Å². The molecule has 0 amide bonds. The molecule has 0 fully saturated rings. The molecule has 2 aromatic heterocycles. The van der Waals surface area contributed by atoms with Crippen molar-refractivity contribution in [3.05, 3.63) is 77.7 Å². The van der Waals surface area contributed by atoms with Gasteiger partial charge in [0.1, 0.15) is 5.82 Å². The summed E-state index contributed by atoms with van der Waals surface area (Å²) < 4.78 is 27.8. The second kappa shape index (κ2) is 7.53. The number of benzene rings is 1. The third kappa shape index (κ3) is 4.37. The van der Waals surface area contributed by atoms with Crippen LogP contribution in [0, 0.1) is 13.8 Å². The molecule has 0 aliphatic carbocycles. The van der Waals surface area contributed by atoms with Gasteiger partial charge in [-0.1, -0.05) is 18.2 Å².